The maximum atomic E-state index is 13.0. The van der Waals surface area contributed by atoms with E-state index in [2.05, 4.69) is 10.2 Å². The molecule has 0 atom stereocenters. The lowest BCUT2D eigenvalue weighted by atomic mass is 10.1. The predicted molar refractivity (Wildman–Crippen MR) is 76.5 cm³/mol. The summed E-state index contributed by atoms with van der Waals surface area (Å²) in [5.74, 6) is 0.925. The fourth-order valence-corrected chi connectivity index (χ4v) is 2.23. The van der Waals surface area contributed by atoms with E-state index < -0.39 is 0 Å². The first-order valence-corrected chi connectivity index (χ1v) is 6.62. The topological polar surface area (TPSA) is 50.9 Å². The van der Waals surface area contributed by atoms with Crippen LogP contribution in [0.25, 0.3) is 5.69 Å². The highest BCUT2D eigenvalue weighted by atomic mass is 19.1. The van der Waals surface area contributed by atoms with Gasteiger partial charge >= 0.3 is 0 Å². The Hall–Kier alpha value is -2.53. The Bertz CT molecular complexity index is 723. The Morgan fingerprint density at radius 1 is 0.905 bits per heavy atom. The van der Waals surface area contributed by atoms with Crippen molar-refractivity contribution in [3.05, 3.63) is 77.6 Å². The van der Waals surface area contributed by atoms with Crippen molar-refractivity contribution in [3.63, 3.8) is 0 Å². The van der Waals surface area contributed by atoms with E-state index in [1.165, 1.54) is 12.1 Å². The molecule has 106 valence electrons. The molecule has 0 amide bonds. The van der Waals surface area contributed by atoms with Gasteiger partial charge in [-0.3, -0.25) is 4.57 Å². The summed E-state index contributed by atoms with van der Waals surface area (Å²) in [5.41, 5.74) is 1.83. The number of halogens is 1. The van der Waals surface area contributed by atoms with Gasteiger partial charge in [0.2, 0.25) is 0 Å². The van der Waals surface area contributed by atoms with Crippen LogP contribution in [-0.4, -0.2) is 19.9 Å². The van der Waals surface area contributed by atoms with Crippen LogP contribution in [0.3, 0.4) is 0 Å². The van der Waals surface area contributed by atoms with Crippen molar-refractivity contribution in [2.45, 2.75) is 13.0 Å². The monoisotopic (exact) mass is 283 g/mol. The summed E-state index contributed by atoms with van der Waals surface area (Å²) >= 11 is 0. The second-order valence-electron chi connectivity index (χ2n) is 4.66. The fraction of sp³-hybridized carbons (Fsp3) is 0.125. The first-order chi connectivity index (χ1) is 10.3. The Kier molecular flexibility index (Phi) is 3.75. The summed E-state index contributed by atoms with van der Waals surface area (Å²) in [6.45, 7) is -0.189. The van der Waals surface area contributed by atoms with Gasteiger partial charge in [-0.2, -0.15) is 0 Å². The van der Waals surface area contributed by atoms with E-state index in [0.29, 0.717) is 18.1 Å². The van der Waals surface area contributed by atoms with E-state index in [0.717, 1.165) is 11.3 Å². The molecule has 3 rings (SSSR count). The summed E-state index contributed by atoms with van der Waals surface area (Å²) in [5, 5.41) is 17.6. The van der Waals surface area contributed by atoms with E-state index in [1.54, 1.807) is 12.1 Å². The van der Waals surface area contributed by atoms with Gasteiger partial charge in [-0.1, -0.05) is 30.3 Å². The van der Waals surface area contributed by atoms with Crippen molar-refractivity contribution in [2.75, 3.05) is 0 Å². The van der Waals surface area contributed by atoms with Crippen molar-refractivity contribution in [2.24, 2.45) is 0 Å². The summed E-state index contributed by atoms with van der Waals surface area (Å²) < 4.78 is 14.8. The molecule has 3 aromatic rings. The molecular formula is C16H14FN3O. The van der Waals surface area contributed by atoms with E-state index in [-0.39, 0.29) is 12.4 Å². The molecule has 1 aromatic heterocycles. The second kappa shape index (κ2) is 5.85. The average molecular weight is 283 g/mol. The molecule has 0 aliphatic carbocycles. The molecule has 0 radical (unpaired) electrons. The highest BCUT2D eigenvalue weighted by Crippen LogP contribution is 2.16. The predicted octanol–water partition coefficient (Wildman–Crippen LogP) is 2.49. The summed E-state index contributed by atoms with van der Waals surface area (Å²) in [4.78, 5) is 0. The second-order valence-corrected chi connectivity index (χ2v) is 4.66. The Labute approximate surface area is 121 Å². The van der Waals surface area contributed by atoms with Gasteiger partial charge in [0.15, 0.2) is 5.82 Å². The normalized spacial score (nSPS) is 10.8. The number of hydrogen-bond acceptors (Lipinski definition) is 3. The molecule has 0 fully saturated rings. The van der Waals surface area contributed by atoms with Crippen LogP contribution in [0.4, 0.5) is 4.39 Å². The van der Waals surface area contributed by atoms with Crippen LogP contribution in [0.2, 0.25) is 0 Å². The molecule has 0 saturated heterocycles. The average Bonchev–Trinajstić information content (AvgIpc) is 2.93. The van der Waals surface area contributed by atoms with E-state index in [4.69, 9.17) is 0 Å². The number of nitrogens with zero attached hydrogens (tertiary/aromatic N) is 3. The summed E-state index contributed by atoms with van der Waals surface area (Å²) in [6.07, 6.45) is 0.516. The molecule has 4 nitrogen and oxygen atoms in total. The molecule has 2 aromatic carbocycles. The highest BCUT2D eigenvalue weighted by molar-refractivity contribution is 5.35. The minimum Gasteiger partial charge on any atom is -0.388 e. The zero-order chi connectivity index (χ0) is 14.7. The zero-order valence-electron chi connectivity index (χ0n) is 11.3. The van der Waals surface area contributed by atoms with Crippen molar-refractivity contribution in [3.8, 4) is 5.69 Å². The number of aliphatic hydroxyl groups is 1. The van der Waals surface area contributed by atoms with Gasteiger partial charge in [-0.05, 0) is 29.8 Å². The van der Waals surface area contributed by atoms with Crippen LogP contribution in [-0.2, 0) is 13.0 Å². The largest absolute Gasteiger partial charge is 0.388 e. The molecule has 5 heteroatoms. The third-order valence-corrected chi connectivity index (χ3v) is 3.23. The maximum absolute atomic E-state index is 13.0. The SMILES string of the molecule is OCc1nnc(Cc2ccc(F)cc2)n1-c1ccccc1. The number of aliphatic hydroxyl groups excluding tert-OH is 1. The lowest BCUT2D eigenvalue weighted by Gasteiger charge is -2.09. The molecule has 21 heavy (non-hydrogen) atoms. The van der Waals surface area contributed by atoms with E-state index in [9.17, 15) is 9.50 Å². The number of hydrogen-bond donors (Lipinski definition) is 1. The Morgan fingerprint density at radius 2 is 1.57 bits per heavy atom. The van der Waals surface area contributed by atoms with E-state index in [1.807, 2.05) is 34.9 Å². The van der Waals surface area contributed by atoms with Gasteiger partial charge in [0.1, 0.15) is 18.2 Å². The minimum atomic E-state index is -0.265. The molecule has 0 aliphatic heterocycles. The molecule has 1 heterocycles. The number of aromatic nitrogens is 3. The van der Waals surface area contributed by atoms with Crippen LogP contribution in [0, 0.1) is 5.82 Å². The summed E-state index contributed by atoms with van der Waals surface area (Å²) in [7, 11) is 0. The maximum Gasteiger partial charge on any atom is 0.163 e. The number of rotatable bonds is 4. The van der Waals surface area contributed by atoms with Crippen molar-refractivity contribution < 1.29 is 9.50 Å². The fourth-order valence-electron chi connectivity index (χ4n) is 2.23. The van der Waals surface area contributed by atoms with Gasteiger partial charge < -0.3 is 5.11 Å². The van der Waals surface area contributed by atoms with Crippen LogP contribution < -0.4 is 0 Å². The van der Waals surface area contributed by atoms with Crippen LogP contribution in [0.1, 0.15) is 17.2 Å². The Morgan fingerprint density at radius 3 is 2.24 bits per heavy atom. The van der Waals surface area contributed by atoms with Gasteiger partial charge in [0.05, 0.1) is 0 Å². The van der Waals surface area contributed by atoms with Crippen molar-refractivity contribution in [1.29, 1.82) is 0 Å². The molecule has 0 unspecified atom stereocenters. The molecule has 0 bridgehead atoms. The molecule has 0 aliphatic rings. The van der Waals surface area contributed by atoms with Gasteiger partial charge in [-0.25, -0.2) is 4.39 Å². The van der Waals surface area contributed by atoms with Crippen molar-refractivity contribution >= 4 is 0 Å². The first kappa shape index (κ1) is 13.5. The molecular weight excluding hydrogens is 269 g/mol. The van der Waals surface area contributed by atoms with Crippen molar-refractivity contribution in [1.82, 2.24) is 14.8 Å². The number of benzene rings is 2. The van der Waals surface area contributed by atoms with Gasteiger partial charge in [-0.15, -0.1) is 10.2 Å². The van der Waals surface area contributed by atoms with E-state index >= 15 is 0 Å². The third kappa shape index (κ3) is 2.83. The van der Waals surface area contributed by atoms with Gasteiger partial charge in [0.25, 0.3) is 0 Å². The molecule has 0 spiro atoms. The molecule has 0 saturated carbocycles. The van der Waals surface area contributed by atoms with Crippen LogP contribution in [0.5, 0.6) is 0 Å². The lowest BCUT2D eigenvalue weighted by molar-refractivity contribution is 0.268. The van der Waals surface area contributed by atoms with Gasteiger partial charge in [0, 0.05) is 12.1 Å². The highest BCUT2D eigenvalue weighted by Gasteiger charge is 2.13. The first-order valence-electron chi connectivity index (χ1n) is 6.62. The molecule has 1 N–H and O–H groups in total. The lowest BCUT2D eigenvalue weighted by Crippen LogP contribution is -2.06. The summed E-state index contributed by atoms with van der Waals surface area (Å²) in [6, 6.07) is 15.9. The third-order valence-electron chi connectivity index (χ3n) is 3.23. The standard InChI is InChI=1S/C16H14FN3O/c17-13-8-6-12(7-9-13)10-15-18-19-16(11-21)20(15)14-4-2-1-3-5-14/h1-9,21H,10-11H2. The minimum absolute atomic E-state index is 0.189. The van der Waals surface area contributed by atoms with Crippen LogP contribution in [0.15, 0.2) is 54.6 Å². The smallest absolute Gasteiger partial charge is 0.163 e. The van der Waals surface area contributed by atoms with Crippen LogP contribution >= 0.6 is 0 Å². The quantitative estimate of drug-likeness (QED) is 0.800. The number of para-hydroxylation sites is 1. The zero-order valence-corrected chi connectivity index (χ0v) is 11.3. The Balaban J connectivity index is 1.99.